The van der Waals surface area contributed by atoms with Crippen LogP contribution in [-0.2, 0) is 0 Å². The van der Waals surface area contributed by atoms with Crippen molar-refractivity contribution in [2.24, 2.45) is 0 Å². The zero-order valence-electron chi connectivity index (χ0n) is 11.6. The van der Waals surface area contributed by atoms with Crippen molar-refractivity contribution >= 4 is 5.82 Å². The highest BCUT2D eigenvalue weighted by atomic mass is 19.4. The van der Waals surface area contributed by atoms with Crippen LogP contribution >= 0.6 is 0 Å². The number of hydrogen-bond donors (Lipinski definition) is 2. The number of hydrogen-bond acceptors (Lipinski definition) is 4. The van der Waals surface area contributed by atoms with Gasteiger partial charge in [-0.3, -0.25) is 0 Å². The molecular formula is C13H20F3N3O. The van der Waals surface area contributed by atoms with Crippen molar-refractivity contribution in [3.8, 4) is 0 Å². The second kappa shape index (κ2) is 7.44. The van der Waals surface area contributed by atoms with Crippen LogP contribution < -0.4 is 10.2 Å². The van der Waals surface area contributed by atoms with Gasteiger partial charge < -0.3 is 15.3 Å². The molecule has 1 aromatic heterocycles. The Morgan fingerprint density at radius 3 is 2.70 bits per heavy atom. The van der Waals surface area contributed by atoms with E-state index in [2.05, 4.69) is 10.3 Å². The summed E-state index contributed by atoms with van der Waals surface area (Å²) in [5.41, 5.74) is 0.863. The largest absolute Gasteiger partial charge is 0.405 e. The zero-order chi connectivity index (χ0) is 15.2. The molecule has 1 unspecified atom stereocenters. The molecule has 0 fully saturated rings. The predicted molar refractivity (Wildman–Crippen MR) is 71.7 cm³/mol. The van der Waals surface area contributed by atoms with Gasteiger partial charge in [0, 0.05) is 18.8 Å². The number of alkyl halides is 3. The Morgan fingerprint density at radius 1 is 1.45 bits per heavy atom. The van der Waals surface area contributed by atoms with Crippen LogP contribution in [0.3, 0.4) is 0 Å². The van der Waals surface area contributed by atoms with Crippen molar-refractivity contribution < 1.29 is 18.3 Å². The predicted octanol–water partition coefficient (Wildman–Crippen LogP) is 2.11. The van der Waals surface area contributed by atoms with E-state index in [1.807, 2.05) is 13.8 Å². The Kier molecular flexibility index (Phi) is 6.22. The topological polar surface area (TPSA) is 48.4 Å². The molecule has 4 nitrogen and oxygen atoms in total. The summed E-state index contributed by atoms with van der Waals surface area (Å²) >= 11 is 0. The normalized spacial score (nSPS) is 13.3. The molecule has 1 atom stereocenters. The van der Waals surface area contributed by atoms with Gasteiger partial charge in [-0.15, -0.1) is 0 Å². The second-order valence-electron chi connectivity index (χ2n) is 4.49. The van der Waals surface area contributed by atoms with Crippen LogP contribution in [0.4, 0.5) is 19.0 Å². The molecule has 0 spiro atoms. The van der Waals surface area contributed by atoms with Gasteiger partial charge in [-0.1, -0.05) is 6.92 Å². The van der Waals surface area contributed by atoms with Gasteiger partial charge in [0.05, 0.1) is 6.61 Å². The molecule has 20 heavy (non-hydrogen) atoms. The molecule has 0 saturated heterocycles. The van der Waals surface area contributed by atoms with E-state index >= 15 is 0 Å². The van der Waals surface area contributed by atoms with Gasteiger partial charge in [0.2, 0.25) is 0 Å². The smallest absolute Gasteiger partial charge is 0.395 e. The fraction of sp³-hybridized carbons (Fsp3) is 0.615. The molecule has 0 aliphatic rings. The Morgan fingerprint density at radius 2 is 2.15 bits per heavy atom. The molecule has 0 aromatic carbocycles. The second-order valence-corrected chi connectivity index (χ2v) is 4.49. The monoisotopic (exact) mass is 291 g/mol. The van der Waals surface area contributed by atoms with Gasteiger partial charge in [-0.25, -0.2) is 4.98 Å². The minimum Gasteiger partial charge on any atom is -0.395 e. The van der Waals surface area contributed by atoms with Crippen LogP contribution in [0.1, 0.15) is 25.5 Å². The first-order valence-electron chi connectivity index (χ1n) is 6.49. The summed E-state index contributed by atoms with van der Waals surface area (Å²) in [4.78, 5) is 5.00. The van der Waals surface area contributed by atoms with E-state index in [0.717, 1.165) is 17.0 Å². The molecule has 0 radical (unpaired) electrons. The molecule has 0 bridgehead atoms. The summed E-state index contributed by atoms with van der Waals surface area (Å²) in [5, 5.41) is 12.1. The Bertz CT molecular complexity index is 412. The van der Waals surface area contributed by atoms with Gasteiger partial charge in [-0.05, 0) is 31.2 Å². The molecule has 7 heteroatoms. The molecule has 114 valence electrons. The number of halogens is 3. The van der Waals surface area contributed by atoms with E-state index in [9.17, 15) is 13.2 Å². The highest BCUT2D eigenvalue weighted by Crippen LogP contribution is 2.22. The average molecular weight is 291 g/mol. The lowest BCUT2D eigenvalue weighted by Gasteiger charge is -2.25. The van der Waals surface area contributed by atoms with Crippen LogP contribution in [0, 0.1) is 0 Å². The lowest BCUT2D eigenvalue weighted by atomic mass is 10.1. The number of aliphatic hydroxyl groups is 1. The van der Waals surface area contributed by atoms with Crippen LogP contribution in [-0.4, -0.2) is 42.5 Å². The van der Waals surface area contributed by atoms with Crippen LogP contribution in [0.2, 0.25) is 0 Å². The number of anilines is 1. The third kappa shape index (κ3) is 5.34. The summed E-state index contributed by atoms with van der Waals surface area (Å²) in [6.07, 6.45) is -2.85. The molecular weight excluding hydrogens is 271 g/mol. The first-order valence-corrected chi connectivity index (χ1v) is 6.49. The van der Waals surface area contributed by atoms with Gasteiger partial charge in [-0.2, -0.15) is 13.2 Å². The number of aromatic nitrogens is 1. The Hall–Kier alpha value is -1.34. The zero-order valence-corrected chi connectivity index (χ0v) is 11.6. The summed E-state index contributed by atoms with van der Waals surface area (Å²) in [6.45, 7) is 3.07. The summed E-state index contributed by atoms with van der Waals surface area (Å²) in [6, 6.07) is 3.42. The van der Waals surface area contributed by atoms with Gasteiger partial charge in [0.1, 0.15) is 12.4 Å². The number of pyridine rings is 1. The Labute approximate surface area is 116 Å². The van der Waals surface area contributed by atoms with Gasteiger partial charge in [0.25, 0.3) is 0 Å². The highest BCUT2D eigenvalue weighted by Gasteiger charge is 2.31. The minimum atomic E-state index is -4.33. The maximum atomic E-state index is 12.5. The lowest BCUT2D eigenvalue weighted by molar-refractivity contribution is -0.120. The molecule has 0 aliphatic heterocycles. The van der Waals surface area contributed by atoms with E-state index in [0.29, 0.717) is 0 Å². The maximum Gasteiger partial charge on any atom is 0.405 e. The lowest BCUT2D eigenvalue weighted by Crippen LogP contribution is -2.37. The standard InChI is InChI=1S/C13H20F3N3O/c1-3-17-10(2)11-4-5-18-12(8-11)19(6-7-20)9-13(14,15)16/h4-5,8,10,17,20H,3,6-7,9H2,1-2H3. The van der Waals surface area contributed by atoms with Crippen molar-refractivity contribution in [3.05, 3.63) is 23.9 Å². The van der Waals surface area contributed by atoms with E-state index in [-0.39, 0.29) is 25.0 Å². The van der Waals surface area contributed by atoms with Crippen molar-refractivity contribution in [2.45, 2.75) is 26.1 Å². The third-order valence-electron chi connectivity index (χ3n) is 2.84. The highest BCUT2D eigenvalue weighted by molar-refractivity contribution is 5.42. The molecule has 1 aromatic rings. The van der Waals surface area contributed by atoms with Crippen LogP contribution in [0.5, 0.6) is 0 Å². The minimum absolute atomic E-state index is 0.0311. The van der Waals surface area contributed by atoms with Gasteiger partial charge >= 0.3 is 6.18 Å². The van der Waals surface area contributed by atoms with Gasteiger partial charge in [0.15, 0.2) is 0 Å². The number of aliphatic hydroxyl groups excluding tert-OH is 1. The fourth-order valence-corrected chi connectivity index (χ4v) is 1.91. The molecule has 1 rings (SSSR count). The van der Waals surface area contributed by atoms with Crippen molar-refractivity contribution in [1.82, 2.24) is 10.3 Å². The van der Waals surface area contributed by atoms with E-state index in [4.69, 9.17) is 5.11 Å². The molecule has 0 aliphatic carbocycles. The number of nitrogens with zero attached hydrogens (tertiary/aromatic N) is 2. The van der Waals surface area contributed by atoms with Crippen molar-refractivity contribution in [3.63, 3.8) is 0 Å². The average Bonchev–Trinajstić information content (AvgIpc) is 2.37. The van der Waals surface area contributed by atoms with Crippen LogP contribution in [0.15, 0.2) is 18.3 Å². The molecule has 2 N–H and O–H groups in total. The van der Waals surface area contributed by atoms with Crippen molar-refractivity contribution in [2.75, 3.05) is 31.1 Å². The number of rotatable bonds is 7. The third-order valence-corrected chi connectivity index (χ3v) is 2.84. The van der Waals surface area contributed by atoms with Crippen molar-refractivity contribution in [1.29, 1.82) is 0 Å². The molecule has 1 heterocycles. The molecule has 0 saturated carbocycles. The van der Waals surface area contributed by atoms with E-state index in [1.54, 1.807) is 12.1 Å². The number of nitrogens with one attached hydrogen (secondary N) is 1. The van der Waals surface area contributed by atoms with Crippen LogP contribution in [0.25, 0.3) is 0 Å². The SMILES string of the molecule is CCNC(C)c1ccnc(N(CCO)CC(F)(F)F)c1. The maximum absolute atomic E-state index is 12.5. The summed E-state index contributed by atoms with van der Waals surface area (Å²) in [7, 11) is 0. The quantitative estimate of drug-likeness (QED) is 0.808. The first-order chi connectivity index (χ1) is 9.37. The summed E-state index contributed by atoms with van der Waals surface area (Å²) < 4.78 is 37.6. The fourth-order valence-electron chi connectivity index (χ4n) is 1.91. The van der Waals surface area contributed by atoms with E-state index < -0.39 is 12.7 Å². The summed E-state index contributed by atoms with van der Waals surface area (Å²) in [5.74, 6) is 0.221. The Balaban J connectivity index is 2.93. The van der Waals surface area contributed by atoms with E-state index in [1.165, 1.54) is 6.20 Å². The first kappa shape index (κ1) is 16.7. The molecule has 0 amide bonds.